The van der Waals surface area contributed by atoms with Crippen LogP contribution in [0.1, 0.15) is 50.2 Å². The highest BCUT2D eigenvalue weighted by Crippen LogP contribution is 2.17. The normalized spacial score (nSPS) is 14.3. The van der Waals surface area contributed by atoms with Crippen molar-refractivity contribution in [3.63, 3.8) is 0 Å². The average Bonchev–Trinajstić information content (AvgIpc) is 3.21. The Bertz CT molecular complexity index is 1730. The van der Waals surface area contributed by atoms with Crippen molar-refractivity contribution in [2.75, 3.05) is 14.1 Å². The van der Waals surface area contributed by atoms with E-state index in [0.717, 1.165) is 11.1 Å². The number of carbonyl (C=O) groups excluding carboxylic acids is 4. The van der Waals surface area contributed by atoms with Gasteiger partial charge in [-0.2, -0.15) is 0 Å². The minimum absolute atomic E-state index is 0.127. The molecular weight excluding hydrogens is 737 g/mol. The molecule has 0 saturated carbocycles. The first-order valence-electron chi connectivity index (χ1n) is 19.6. The van der Waals surface area contributed by atoms with Crippen LogP contribution >= 0.6 is 0 Å². The Labute approximate surface area is 341 Å². The molecule has 14 nitrogen and oxygen atoms in total. The van der Waals surface area contributed by atoms with Crippen LogP contribution in [-0.4, -0.2) is 104 Å². The monoisotopic (exact) mass is 794 g/mol. The van der Waals surface area contributed by atoms with E-state index in [1.165, 1.54) is 9.80 Å². The summed E-state index contributed by atoms with van der Waals surface area (Å²) in [6.45, 7) is 7.63. The molecular formula is C44H58N8O6. The van der Waals surface area contributed by atoms with Gasteiger partial charge < -0.3 is 41.3 Å². The van der Waals surface area contributed by atoms with Gasteiger partial charge in [-0.05, 0) is 60.1 Å². The average molecular weight is 795 g/mol. The molecule has 6 N–H and O–H groups in total. The van der Waals surface area contributed by atoms with Crippen molar-refractivity contribution in [2.45, 2.75) is 90.0 Å². The number of rotatable bonds is 19. The molecule has 58 heavy (non-hydrogen) atoms. The molecule has 310 valence electrons. The fourth-order valence-corrected chi connectivity index (χ4v) is 6.44. The first kappa shape index (κ1) is 44.8. The molecule has 0 radical (unpaired) electrons. The van der Waals surface area contributed by atoms with Crippen LogP contribution in [0.4, 0.5) is 9.59 Å². The fraction of sp³-hybridized carbons (Fsp3) is 0.409. The van der Waals surface area contributed by atoms with Crippen molar-refractivity contribution in [1.29, 1.82) is 0 Å². The number of amides is 6. The summed E-state index contributed by atoms with van der Waals surface area (Å²) in [7, 11) is 3.21. The predicted molar refractivity (Wildman–Crippen MR) is 222 cm³/mol. The second-order valence-electron chi connectivity index (χ2n) is 15.3. The van der Waals surface area contributed by atoms with E-state index in [1.54, 1.807) is 78.4 Å². The van der Waals surface area contributed by atoms with E-state index in [0.29, 0.717) is 11.4 Å². The highest BCUT2D eigenvalue weighted by Gasteiger charge is 2.38. The number of aliphatic hydroxyl groups excluding tert-OH is 2. The van der Waals surface area contributed by atoms with E-state index in [2.05, 4.69) is 31.2 Å². The lowest BCUT2D eigenvalue weighted by atomic mass is 9.90. The lowest BCUT2D eigenvalue weighted by Crippen LogP contribution is -2.62. The Morgan fingerprint density at radius 2 is 0.879 bits per heavy atom. The van der Waals surface area contributed by atoms with Crippen molar-refractivity contribution >= 4 is 23.9 Å². The molecule has 6 atom stereocenters. The molecule has 0 aliphatic heterocycles. The van der Waals surface area contributed by atoms with Gasteiger partial charge in [0, 0.05) is 26.5 Å². The number of aliphatic hydroxyl groups is 2. The largest absolute Gasteiger partial charge is 0.388 e. The predicted octanol–water partition coefficient (Wildman–Crippen LogP) is 3.69. The number of hydrogen-bond acceptors (Lipinski definition) is 8. The minimum atomic E-state index is -1.59. The molecule has 0 aliphatic rings. The van der Waals surface area contributed by atoms with E-state index in [9.17, 15) is 29.4 Å². The van der Waals surface area contributed by atoms with Crippen molar-refractivity contribution in [3.8, 4) is 0 Å². The minimum Gasteiger partial charge on any atom is -0.388 e. The molecule has 0 unspecified atom stereocenters. The number of hydrogen-bond donors (Lipinski definition) is 6. The highest BCUT2D eigenvalue weighted by atomic mass is 16.3. The maximum absolute atomic E-state index is 14.0. The van der Waals surface area contributed by atoms with Crippen molar-refractivity contribution in [2.24, 2.45) is 11.8 Å². The molecule has 0 saturated heterocycles. The summed E-state index contributed by atoms with van der Waals surface area (Å²) in [5.41, 5.74) is 2.91. The summed E-state index contributed by atoms with van der Waals surface area (Å²) < 4.78 is 0. The number of nitrogens with zero attached hydrogens (tertiary/aromatic N) is 4. The van der Waals surface area contributed by atoms with Crippen LogP contribution in [0.25, 0.3) is 0 Å². The topological polar surface area (TPSA) is 189 Å². The van der Waals surface area contributed by atoms with Gasteiger partial charge in [0.15, 0.2) is 0 Å². The number of aromatic nitrogens is 2. The number of benzene rings is 2. The molecule has 0 bridgehead atoms. The zero-order chi connectivity index (χ0) is 42.2. The molecule has 2 aromatic heterocycles. The maximum atomic E-state index is 14.0. The molecule has 0 spiro atoms. The van der Waals surface area contributed by atoms with Gasteiger partial charge >= 0.3 is 12.1 Å². The molecule has 6 amide bonds. The molecule has 0 fully saturated rings. The van der Waals surface area contributed by atoms with E-state index in [4.69, 9.17) is 0 Å². The van der Waals surface area contributed by atoms with Crippen LogP contribution in [0.2, 0.25) is 0 Å². The summed E-state index contributed by atoms with van der Waals surface area (Å²) in [4.78, 5) is 66.0. The van der Waals surface area contributed by atoms with Gasteiger partial charge in [-0.25, -0.2) is 9.59 Å². The smallest absolute Gasteiger partial charge is 0.318 e. The van der Waals surface area contributed by atoms with Crippen molar-refractivity contribution in [1.82, 2.24) is 41.0 Å². The Balaban J connectivity index is 1.56. The number of urea groups is 2. The Morgan fingerprint density at radius 3 is 1.19 bits per heavy atom. The number of nitrogens with one attached hydrogen (secondary N) is 4. The van der Waals surface area contributed by atoms with Crippen LogP contribution < -0.4 is 21.3 Å². The fourth-order valence-electron chi connectivity index (χ4n) is 6.44. The third-order valence-corrected chi connectivity index (χ3v) is 9.83. The second-order valence-corrected chi connectivity index (χ2v) is 15.3. The second kappa shape index (κ2) is 22.2. The summed E-state index contributed by atoms with van der Waals surface area (Å²) in [5, 5.41) is 35.5. The quantitative estimate of drug-likeness (QED) is 0.0829. The molecule has 2 heterocycles. The van der Waals surface area contributed by atoms with Crippen molar-refractivity contribution in [3.05, 3.63) is 132 Å². The van der Waals surface area contributed by atoms with Gasteiger partial charge in [0.25, 0.3) is 0 Å². The first-order valence-corrected chi connectivity index (χ1v) is 19.6. The first-order chi connectivity index (χ1) is 27.7. The van der Waals surface area contributed by atoms with Gasteiger partial charge in [0.1, 0.15) is 24.3 Å². The Kier molecular flexibility index (Phi) is 17.1. The third kappa shape index (κ3) is 13.7. The molecule has 4 aromatic rings. The molecule has 14 heteroatoms. The summed E-state index contributed by atoms with van der Waals surface area (Å²) in [5.74, 6) is -1.79. The lowest BCUT2D eigenvalue weighted by molar-refractivity contribution is -0.129. The van der Waals surface area contributed by atoms with Gasteiger partial charge in [-0.1, -0.05) is 100 Å². The zero-order valence-corrected chi connectivity index (χ0v) is 34.2. The summed E-state index contributed by atoms with van der Waals surface area (Å²) >= 11 is 0. The van der Waals surface area contributed by atoms with Gasteiger partial charge in [0.2, 0.25) is 11.8 Å². The zero-order valence-electron chi connectivity index (χ0n) is 34.2. The Morgan fingerprint density at radius 1 is 0.534 bits per heavy atom. The number of carbonyl (C=O) groups is 4. The Hall–Kier alpha value is -5.86. The third-order valence-electron chi connectivity index (χ3n) is 9.83. The van der Waals surface area contributed by atoms with Crippen LogP contribution in [0.5, 0.6) is 0 Å². The maximum Gasteiger partial charge on any atom is 0.318 e. The van der Waals surface area contributed by atoms with Crippen LogP contribution in [-0.2, 0) is 35.5 Å². The van der Waals surface area contributed by atoms with E-state index in [-0.39, 0.29) is 37.8 Å². The molecule has 4 rings (SSSR count). The molecule has 0 aliphatic carbocycles. The van der Waals surface area contributed by atoms with Gasteiger partial charge in [0.05, 0.1) is 36.6 Å². The van der Waals surface area contributed by atoms with Crippen LogP contribution in [0, 0.1) is 11.8 Å². The standard InChI is InChI=1S/C44H58N8O6/c1-29(2)37(49-43(57)51(5)27-33-21-13-15-23-45-33)41(55)47-35(25-31-17-9-7-10-18-31)39(53)40(54)36(26-32-19-11-8-12-20-32)48-42(56)38(30(3)4)50-44(58)52(6)28-34-22-14-16-24-46-34/h7-24,29-30,35-40,53-54H,25-28H2,1-6H3,(H,47,55)(H,48,56)(H,49,57)(H,50,58)/t35-,36-,37+,38+,39-,40+/m0/s1. The van der Waals surface area contributed by atoms with Crippen LogP contribution in [0.15, 0.2) is 109 Å². The van der Waals surface area contributed by atoms with E-state index in [1.807, 2.05) is 72.8 Å². The van der Waals surface area contributed by atoms with Crippen LogP contribution in [0.3, 0.4) is 0 Å². The van der Waals surface area contributed by atoms with Gasteiger partial charge in [-0.15, -0.1) is 0 Å². The number of pyridine rings is 2. The highest BCUT2D eigenvalue weighted by molar-refractivity contribution is 5.88. The lowest BCUT2D eigenvalue weighted by Gasteiger charge is -2.35. The SMILES string of the molecule is CC(C)[C@@H](NC(=O)N(C)Cc1ccccn1)C(=O)N[C@@H](Cc1ccccc1)[C@H](O)[C@H](O)[C@H](Cc1ccccc1)NC(=O)[C@H](NC(=O)N(C)Cc1ccccn1)C(C)C. The van der Waals surface area contributed by atoms with E-state index < -0.39 is 60.3 Å². The van der Waals surface area contributed by atoms with E-state index >= 15 is 0 Å². The van der Waals surface area contributed by atoms with Gasteiger partial charge in [-0.3, -0.25) is 19.6 Å². The van der Waals surface area contributed by atoms with Crippen molar-refractivity contribution < 1.29 is 29.4 Å². The summed E-state index contributed by atoms with van der Waals surface area (Å²) in [6, 6.07) is 24.2. The molecule has 2 aromatic carbocycles. The summed E-state index contributed by atoms with van der Waals surface area (Å²) in [6.07, 6.45) is 0.347.